The van der Waals surface area contributed by atoms with Gasteiger partial charge < -0.3 is 30.6 Å². The van der Waals surface area contributed by atoms with Crippen LogP contribution in [0.1, 0.15) is 39.2 Å². The SMILES string of the molecule is CC(C)NC(=O)Nc1ccc(-c2c(N)c3ccc(OCCN4C=NCC4)cc3n2C2CCC2)cc1. The zero-order valence-corrected chi connectivity index (χ0v) is 20.5. The van der Waals surface area contributed by atoms with Crippen LogP contribution >= 0.6 is 0 Å². The van der Waals surface area contributed by atoms with Gasteiger partial charge in [-0.15, -0.1) is 0 Å². The van der Waals surface area contributed by atoms with E-state index in [1.54, 1.807) is 0 Å². The molecule has 2 heterocycles. The van der Waals surface area contributed by atoms with Gasteiger partial charge in [-0.3, -0.25) is 4.99 Å². The van der Waals surface area contributed by atoms with Crippen LogP contribution in [0.4, 0.5) is 16.2 Å². The van der Waals surface area contributed by atoms with Crippen LogP contribution in [0.5, 0.6) is 5.75 Å². The smallest absolute Gasteiger partial charge is 0.319 e. The molecule has 0 unspecified atom stereocenters. The first-order valence-electron chi connectivity index (χ1n) is 12.5. The van der Waals surface area contributed by atoms with Gasteiger partial charge in [0, 0.05) is 41.3 Å². The molecule has 35 heavy (non-hydrogen) atoms. The van der Waals surface area contributed by atoms with Crippen molar-refractivity contribution in [1.29, 1.82) is 0 Å². The third-order valence-electron chi connectivity index (χ3n) is 6.70. The quantitative estimate of drug-likeness (QED) is 0.434. The summed E-state index contributed by atoms with van der Waals surface area (Å²) in [5, 5.41) is 6.77. The number of nitrogens with zero attached hydrogens (tertiary/aromatic N) is 3. The first-order valence-corrected chi connectivity index (χ1v) is 12.5. The van der Waals surface area contributed by atoms with Crippen molar-refractivity contribution in [2.75, 3.05) is 37.3 Å². The van der Waals surface area contributed by atoms with Gasteiger partial charge in [-0.2, -0.15) is 0 Å². The second-order valence-electron chi connectivity index (χ2n) is 9.63. The van der Waals surface area contributed by atoms with E-state index in [0.29, 0.717) is 12.6 Å². The number of anilines is 2. The summed E-state index contributed by atoms with van der Waals surface area (Å²) in [5.41, 5.74) is 11.4. The number of ether oxygens (including phenoxy) is 1. The lowest BCUT2D eigenvalue weighted by Gasteiger charge is -2.30. The molecule has 1 fully saturated rings. The number of amides is 2. The van der Waals surface area contributed by atoms with Gasteiger partial charge in [0.15, 0.2) is 0 Å². The van der Waals surface area contributed by atoms with E-state index >= 15 is 0 Å². The van der Waals surface area contributed by atoms with Crippen LogP contribution in [0, 0.1) is 0 Å². The second kappa shape index (κ2) is 9.90. The van der Waals surface area contributed by atoms with Crippen LogP contribution in [0.3, 0.4) is 0 Å². The molecule has 0 spiro atoms. The Morgan fingerprint density at radius 1 is 1.20 bits per heavy atom. The molecule has 5 rings (SSSR count). The van der Waals surface area contributed by atoms with Crippen molar-refractivity contribution < 1.29 is 9.53 Å². The maximum Gasteiger partial charge on any atom is 0.319 e. The Bertz CT molecular complexity index is 1230. The molecule has 2 aromatic carbocycles. The van der Waals surface area contributed by atoms with E-state index in [2.05, 4.69) is 37.2 Å². The maximum atomic E-state index is 12.1. The molecule has 184 valence electrons. The summed E-state index contributed by atoms with van der Waals surface area (Å²) in [5.74, 6) is 0.856. The van der Waals surface area contributed by atoms with Crippen LogP contribution in [-0.4, -0.2) is 54.1 Å². The van der Waals surface area contributed by atoms with E-state index in [9.17, 15) is 4.79 Å². The highest BCUT2D eigenvalue weighted by Gasteiger charge is 2.27. The number of benzene rings is 2. The minimum atomic E-state index is -0.208. The fraction of sp³-hybridized carbons (Fsp3) is 0.407. The van der Waals surface area contributed by atoms with E-state index in [0.717, 1.165) is 71.8 Å². The molecule has 8 nitrogen and oxygen atoms in total. The number of hydrogen-bond donors (Lipinski definition) is 3. The molecule has 0 radical (unpaired) electrons. The average molecular weight is 475 g/mol. The number of nitrogens with one attached hydrogen (secondary N) is 2. The Labute approximate surface area is 206 Å². The third-order valence-corrected chi connectivity index (χ3v) is 6.70. The fourth-order valence-electron chi connectivity index (χ4n) is 4.73. The number of aliphatic imine (C=N–C) groups is 1. The predicted octanol–water partition coefficient (Wildman–Crippen LogP) is 4.87. The lowest BCUT2D eigenvalue weighted by atomic mass is 9.92. The van der Waals surface area contributed by atoms with Crippen LogP contribution in [-0.2, 0) is 0 Å². The standard InChI is InChI=1S/C27H34N6O2/c1-18(2)30-27(34)31-20-8-6-19(7-9-20)26-25(28)23-11-10-22(35-15-14-32-13-12-29-17-32)16-24(23)33(26)21-4-3-5-21/h6-11,16-18,21H,3-5,12-15,28H2,1-2H3,(H2,30,31,34). The molecule has 2 aliphatic rings. The summed E-state index contributed by atoms with van der Waals surface area (Å²) in [6.45, 7) is 7.14. The fourth-order valence-corrected chi connectivity index (χ4v) is 4.73. The first kappa shape index (κ1) is 23.1. The van der Waals surface area contributed by atoms with Gasteiger partial charge in [0.2, 0.25) is 0 Å². The van der Waals surface area contributed by atoms with Gasteiger partial charge in [0.25, 0.3) is 0 Å². The first-order chi connectivity index (χ1) is 17.0. The van der Waals surface area contributed by atoms with Crippen molar-refractivity contribution in [1.82, 2.24) is 14.8 Å². The highest BCUT2D eigenvalue weighted by atomic mass is 16.5. The average Bonchev–Trinajstić information content (AvgIpc) is 3.40. The number of fused-ring (bicyclic) bond motifs is 1. The van der Waals surface area contributed by atoms with Gasteiger partial charge >= 0.3 is 6.03 Å². The molecular weight excluding hydrogens is 440 g/mol. The summed E-state index contributed by atoms with van der Waals surface area (Å²) >= 11 is 0. The van der Waals surface area contributed by atoms with Crippen molar-refractivity contribution in [3.05, 3.63) is 42.5 Å². The molecule has 0 saturated heterocycles. The lowest BCUT2D eigenvalue weighted by Crippen LogP contribution is -2.34. The summed E-state index contributed by atoms with van der Waals surface area (Å²) in [4.78, 5) is 18.5. The molecule has 1 aliphatic heterocycles. The molecule has 0 bridgehead atoms. The Morgan fingerprint density at radius 2 is 2.00 bits per heavy atom. The zero-order valence-electron chi connectivity index (χ0n) is 20.5. The molecule has 1 aliphatic carbocycles. The van der Waals surface area contributed by atoms with Crippen molar-refractivity contribution in [2.45, 2.75) is 45.2 Å². The van der Waals surface area contributed by atoms with Crippen LogP contribution in [0.2, 0.25) is 0 Å². The molecule has 1 aromatic heterocycles. The van der Waals surface area contributed by atoms with Gasteiger partial charge in [-0.25, -0.2) is 4.79 Å². The Morgan fingerprint density at radius 3 is 2.66 bits per heavy atom. The van der Waals surface area contributed by atoms with Crippen LogP contribution in [0.15, 0.2) is 47.5 Å². The van der Waals surface area contributed by atoms with Gasteiger partial charge in [-0.05, 0) is 57.4 Å². The largest absolute Gasteiger partial charge is 0.492 e. The summed E-state index contributed by atoms with van der Waals surface area (Å²) < 4.78 is 8.48. The molecule has 4 N–H and O–H groups in total. The number of carbonyl (C=O) groups is 1. The van der Waals surface area contributed by atoms with Crippen LogP contribution in [0.25, 0.3) is 22.2 Å². The monoisotopic (exact) mass is 474 g/mol. The van der Waals surface area contributed by atoms with Crippen molar-refractivity contribution in [3.8, 4) is 17.0 Å². The highest BCUT2D eigenvalue weighted by molar-refractivity contribution is 6.02. The number of urea groups is 1. The molecule has 0 atom stereocenters. The summed E-state index contributed by atoms with van der Waals surface area (Å²) in [6, 6.07) is 14.4. The number of nitrogen functional groups attached to an aromatic ring is 1. The number of hydrogen-bond acceptors (Lipinski definition) is 5. The molecular formula is C27H34N6O2. The second-order valence-corrected chi connectivity index (χ2v) is 9.63. The predicted molar refractivity (Wildman–Crippen MR) is 142 cm³/mol. The Kier molecular flexibility index (Phi) is 6.53. The van der Waals surface area contributed by atoms with Crippen molar-refractivity contribution >= 4 is 34.6 Å². The molecule has 8 heteroatoms. The van der Waals surface area contributed by atoms with Crippen molar-refractivity contribution in [3.63, 3.8) is 0 Å². The highest BCUT2D eigenvalue weighted by Crippen LogP contribution is 2.44. The Hall–Kier alpha value is -3.68. The summed E-state index contributed by atoms with van der Waals surface area (Å²) in [7, 11) is 0. The normalized spacial score (nSPS) is 15.6. The lowest BCUT2D eigenvalue weighted by molar-refractivity contribution is 0.250. The third kappa shape index (κ3) is 4.92. The number of aromatic nitrogens is 1. The van der Waals surface area contributed by atoms with Gasteiger partial charge in [0.05, 0.1) is 36.3 Å². The van der Waals surface area contributed by atoms with E-state index in [1.807, 2.05) is 50.5 Å². The minimum Gasteiger partial charge on any atom is -0.492 e. The molecule has 2 amide bonds. The van der Waals surface area contributed by atoms with Gasteiger partial charge in [0.1, 0.15) is 12.4 Å². The van der Waals surface area contributed by atoms with Crippen LogP contribution < -0.4 is 21.1 Å². The van der Waals surface area contributed by atoms with Crippen molar-refractivity contribution in [2.24, 2.45) is 4.99 Å². The number of rotatable bonds is 8. The number of carbonyl (C=O) groups excluding carboxylic acids is 1. The van der Waals surface area contributed by atoms with Gasteiger partial charge in [-0.1, -0.05) is 12.1 Å². The number of nitrogens with two attached hydrogens (primary N) is 1. The van der Waals surface area contributed by atoms with E-state index in [4.69, 9.17) is 10.5 Å². The molecule has 1 saturated carbocycles. The van der Waals surface area contributed by atoms with E-state index in [-0.39, 0.29) is 12.1 Å². The van der Waals surface area contributed by atoms with E-state index < -0.39 is 0 Å². The maximum absolute atomic E-state index is 12.1. The summed E-state index contributed by atoms with van der Waals surface area (Å²) in [6.07, 6.45) is 5.42. The van der Waals surface area contributed by atoms with E-state index in [1.165, 1.54) is 6.42 Å². The molecule has 3 aromatic rings. The Balaban J connectivity index is 1.41. The minimum absolute atomic E-state index is 0.0789. The zero-order chi connectivity index (χ0) is 24.4. The topological polar surface area (TPSA) is 96.9 Å².